The highest BCUT2D eigenvalue weighted by Crippen LogP contribution is 2.39. The second-order valence-corrected chi connectivity index (χ2v) is 11.8. The first-order valence-electron chi connectivity index (χ1n) is 9.41. The van der Waals surface area contributed by atoms with Gasteiger partial charge in [-0.15, -0.1) is 11.3 Å². The lowest BCUT2D eigenvalue weighted by molar-refractivity contribution is -0.137. The summed E-state index contributed by atoms with van der Waals surface area (Å²) in [7, 11) is -4.29. The molecule has 1 heterocycles. The summed E-state index contributed by atoms with van der Waals surface area (Å²) in [5.74, 6) is -0.548. The first-order chi connectivity index (χ1) is 16.3. The van der Waals surface area contributed by atoms with Gasteiger partial charge in [0.2, 0.25) is 5.91 Å². The Hall–Kier alpha value is -2.51. The molecule has 0 aliphatic carbocycles. The molecule has 0 fully saturated rings. The van der Waals surface area contributed by atoms with Crippen molar-refractivity contribution in [3.63, 3.8) is 0 Å². The number of hydrogen-bond donors (Lipinski definition) is 2. The zero-order valence-corrected chi connectivity index (χ0v) is 21.0. The minimum absolute atomic E-state index is 0.0886. The minimum Gasteiger partial charge on any atom is -0.366 e. The van der Waals surface area contributed by atoms with Crippen molar-refractivity contribution >= 4 is 78.1 Å². The topological polar surface area (TPSA) is 102 Å². The fourth-order valence-corrected chi connectivity index (χ4v) is 6.90. The van der Waals surface area contributed by atoms with Gasteiger partial charge in [-0.3, -0.25) is 9.52 Å². The molecule has 0 aliphatic rings. The number of nitrogens with zero attached hydrogens (tertiary/aromatic N) is 1. The van der Waals surface area contributed by atoms with Crippen LogP contribution in [0, 0.1) is 0 Å². The van der Waals surface area contributed by atoms with Crippen LogP contribution in [0.1, 0.15) is 15.9 Å². The number of nitrogens with two attached hydrogens (primary N) is 1. The number of thiazole rings is 1. The maximum absolute atomic E-state index is 12.8. The maximum Gasteiger partial charge on any atom is 0.416 e. The molecule has 3 aromatic carbocycles. The Morgan fingerprint density at radius 1 is 1.03 bits per heavy atom. The molecule has 1 amide bonds. The first-order valence-corrected chi connectivity index (χ1v) is 13.3. The number of aromatic nitrogens is 1. The van der Waals surface area contributed by atoms with E-state index in [1.807, 2.05) is 0 Å². The number of alkyl halides is 3. The number of sulfonamides is 1. The van der Waals surface area contributed by atoms with Gasteiger partial charge < -0.3 is 5.73 Å². The van der Waals surface area contributed by atoms with Gasteiger partial charge in [-0.05, 0) is 54.6 Å². The van der Waals surface area contributed by atoms with Gasteiger partial charge in [0, 0.05) is 10.5 Å². The maximum atomic E-state index is 12.8. The van der Waals surface area contributed by atoms with Crippen LogP contribution >= 0.6 is 46.3 Å². The molecular formula is C21H12Cl2F3N3O3S3. The van der Waals surface area contributed by atoms with Crippen molar-refractivity contribution in [2.45, 2.75) is 20.3 Å². The van der Waals surface area contributed by atoms with Crippen LogP contribution in [0.5, 0.6) is 0 Å². The molecule has 0 radical (unpaired) electrons. The Morgan fingerprint density at radius 3 is 2.40 bits per heavy atom. The summed E-state index contributed by atoms with van der Waals surface area (Å²) in [5, 5.41) is -0.355. The zero-order chi connectivity index (χ0) is 25.5. The van der Waals surface area contributed by atoms with Crippen molar-refractivity contribution in [3.05, 3.63) is 75.8 Å². The molecule has 0 bridgehead atoms. The van der Waals surface area contributed by atoms with E-state index in [0.29, 0.717) is 32.4 Å². The molecule has 6 nitrogen and oxygen atoms in total. The summed E-state index contributed by atoms with van der Waals surface area (Å²) in [4.78, 5) is 15.9. The van der Waals surface area contributed by atoms with Crippen molar-refractivity contribution < 1.29 is 26.4 Å². The summed E-state index contributed by atoms with van der Waals surface area (Å²) in [6.07, 6.45) is -4.66. The summed E-state index contributed by atoms with van der Waals surface area (Å²) in [5.41, 5.74) is 5.37. The number of fused-ring (bicyclic) bond motifs is 1. The molecule has 14 heteroatoms. The number of rotatable bonds is 6. The van der Waals surface area contributed by atoms with Gasteiger partial charge in [-0.25, -0.2) is 13.4 Å². The Bertz CT molecular complexity index is 1570. The van der Waals surface area contributed by atoms with Gasteiger partial charge in [0.25, 0.3) is 10.0 Å². The van der Waals surface area contributed by atoms with Crippen LogP contribution in [0.25, 0.3) is 10.2 Å². The number of benzene rings is 3. The first kappa shape index (κ1) is 25.6. The van der Waals surface area contributed by atoms with Gasteiger partial charge in [-0.1, -0.05) is 35.0 Å². The van der Waals surface area contributed by atoms with Gasteiger partial charge in [0.1, 0.15) is 4.90 Å². The fraction of sp³-hybridized carbons (Fsp3) is 0.0476. The minimum atomic E-state index is -4.66. The van der Waals surface area contributed by atoms with Gasteiger partial charge in [0.05, 0.1) is 31.5 Å². The van der Waals surface area contributed by atoms with E-state index in [-0.39, 0.29) is 10.7 Å². The number of anilines is 1. The quantitative estimate of drug-likeness (QED) is 0.266. The van der Waals surface area contributed by atoms with E-state index in [0.717, 1.165) is 10.8 Å². The molecule has 0 aliphatic heterocycles. The van der Waals surface area contributed by atoms with E-state index in [1.54, 1.807) is 24.3 Å². The molecule has 0 spiro atoms. The highest BCUT2D eigenvalue weighted by atomic mass is 35.5. The molecule has 1 aromatic heterocycles. The molecule has 0 saturated carbocycles. The second kappa shape index (κ2) is 9.51. The zero-order valence-electron chi connectivity index (χ0n) is 17.1. The molecule has 4 rings (SSSR count). The molecule has 0 unspecified atom stereocenters. The van der Waals surface area contributed by atoms with Crippen molar-refractivity contribution in [2.24, 2.45) is 5.73 Å². The monoisotopic (exact) mass is 577 g/mol. The van der Waals surface area contributed by atoms with E-state index in [4.69, 9.17) is 28.9 Å². The third-order valence-corrected chi connectivity index (χ3v) is 9.03. The molecule has 35 heavy (non-hydrogen) atoms. The Balaban J connectivity index is 1.54. The smallest absolute Gasteiger partial charge is 0.366 e. The lowest BCUT2D eigenvalue weighted by Crippen LogP contribution is -2.14. The number of hydrogen-bond acceptors (Lipinski definition) is 6. The molecule has 0 atom stereocenters. The number of amides is 1. The van der Waals surface area contributed by atoms with Gasteiger partial charge in [0.15, 0.2) is 4.34 Å². The molecule has 3 N–H and O–H groups in total. The fourth-order valence-electron chi connectivity index (χ4n) is 2.95. The van der Waals surface area contributed by atoms with Crippen LogP contribution in [-0.2, 0) is 16.2 Å². The predicted molar refractivity (Wildman–Crippen MR) is 131 cm³/mol. The number of carbonyl (C=O) groups is 1. The number of carbonyl (C=O) groups excluding carboxylic acids is 1. The van der Waals surface area contributed by atoms with Crippen LogP contribution in [0.15, 0.2) is 68.7 Å². The largest absolute Gasteiger partial charge is 0.416 e. The lowest BCUT2D eigenvalue weighted by Gasteiger charge is -2.13. The molecular weight excluding hydrogens is 566 g/mol. The van der Waals surface area contributed by atoms with Crippen molar-refractivity contribution in [1.82, 2.24) is 4.98 Å². The van der Waals surface area contributed by atoms with E-state index in [2.05, 4.69) is 9.71 Å². The predicted octanol–water partition coefficient (Wildman–Crippen LogP) is 6.67. The average Bonchev–Trinajstić information content (AvgIpc) is 3.16. The average molecular weight is 578 g/mol. The normalized spacial score (nSPS) is 12.1. The lowest BCUT2D eigenvalue weighted by atomic mass is 10.2. The number of halogens is 5. The highest BCUT2D eigenvalue weighted by Gasteiger charge is 2.32. The van der Waals surface area contributed by atoms with Crippen LogP contribution in [0.2, 0.25) is 10.0 Å². The van der Waals surface area contributed by atoms with E-state index >= 15 is 0 Å². The van der Waals surface area contributed by atoms with Crippen LogP contribution < -0.4 is 10.5 Å². The van der Waals surface area contributed by atoms with E-state index in [9.17, 15) is 26.4 Å². The Morgan fingerprint density at radius 2 is 1.77 bits per heavy atom. The second-order valence-electron chi connectivity index (χ2n) is 7.02. The summed E-state index contributed by atoms with van der Waals surface area (Å²) >= 11 is 14.7. The van der Waals surface area contributed by atoms with Gasteiger partial charge in [-0.2, -0.15) is 13.2 Å². The molecule has 182 valence electrons. The highest BCUT2D eigenvalue weighted by molar-refractivity contribution is 8.01. The van der Waals surface area contributed by atoms with E-state index < -0.39 is 37.6 Å². The van der Waals surface area contributed by atoms with Crippen LogP contribution in [0.4, 0.5) is 18.9 Å². The van der Waals surface area contributed by atoms with Crippen LogP contribution in [0.3, 0.4) is 0 Å². The molecule has 4 aromatic rings. The number of nitrogens with one attached hydrogen (secondary N) is 1. The number of primary amides is 1. The van der Waals surface area contributed by atoms with E-state index in [1.165, 1.54) is 35.2 Å². The van der Waals surface area contributed by atoms with Gasteiger partial charge >= 0.3 is 6.18 Å². The Kier molecular flexibility index (Phi) is 6.95. The summed E-state index contributed by atoms with van der Waals surface area (Å²) in [6, 6.07) is 11.3. The SMILES string of the molecule is NC(=O)c1ccc2nc(Sc3ccc(NS(=O)(=O)c4ccc(C(F)(F)F)cc4Cl)cc3Cl)sc2c1. The third-order valence-electron chi connectivity index (χ3n) is 4.58. The summed E-state index contributed by atoms with van der Waals surface area (Å²) < 4.78 is 67.5. The van der Waals surface area contributed by atoms with Crippen LogP contribution in [-0.4, -0.2) is 19.3 Å². The standard InChI is InChI=1S/C21H12Cl2F3N3O3S3/c22-13-9-12(29-35(31,32)18-6-2-11(8-14(18)23)21(24,25)26)3-5-16(13)33-20-28-15-4-1-10(19(27)30)7-17(15)34-20/h1-9,29H,(H2,27,30). The van der Waals surface area contributed by atoms with Crippen molar-refractivity contribution in [2.75, 3.05) is 4.72 Å². The van der Waals surface area contributed by atoms with Crippen molar-refractivity contribution in [3.8, 4) is 0 Å². The van der Waals surface area contributed by atoms with Crippen molar-refractivity contribution in [1.29, 1.82) is 0 Å². The molecule has 0 saturated heterocycles. The third kappa shape index (κ3) is 5.67. The Labute approximate surface area is 215 Å². The summed E-state index contributed by atoms with van der Waals surface area (Å²) in [6.45, 7) is 0.